The molecule has 0 radical (unpaired) electrons. The van der Waals surface area contributed by atoms with Gasteiger partial charge in [0.25, 0.3) is 0 Å². The van der Waals surface area contributed by atoms with Crippen molar-refractivity contribution >= 4 is 12.4 Å². The van der Waals surface area contributed by atoms with Gasteiger partial charge in [-0.1, -0.05) is 73.7 Å². The van der Waals surface area contributed by atoms with Crippen molar-refractivity contribution < 1.29 is 4.74 Å². The molecule has 0 saturated carbocycles. The fourth-order valence-corrected chi connectivity index (χ4v) is 3.51. The minimum Gasteiger partial charge on any atom is -0.364 e. The van der Waals surface area contributed by atoms with Gasteiger partial charge in [-0.25, -0.2) is 0 Å². The molecule has 0 amide bonds. The molecule has 0 aliphatic carbocycles. The van der Waals surface area contributed by atoms with Crippen LogP contribution in [0.1, 0.15) is 38.3 Å². The molecule has 25 heavy (non-hydrogen) atoms. The van der Waals surface area contributed by atoms with Crippen LogP contribution in [0.25, 0.3) is 0 Å². The smallest absolute Gasteiger partial charge is 0.136 e. The molecule has 0 aliphatic rings. The summed E-state index contributed by atoms with van der Waals surface area (Å²) < 4.78 is 6.47. The van der Waals surface area contributed by atoms with Gasteiger partial charge >= 0.3 is 0 Å². The Hall–Kier alpha value is -1.61. The first-order valence-electron chi connectivity index (χ1n) is 8.65. The van der Waals surface area contributed by atoms with E-state index in [1.165, 1.54) is 0 Å². The first-order chi connectivity index (χ1) is 11.5. The van der Waals surface area contributed by atoms with E-state index >= 15 is 0 Å². The van der Waals surface area contributed by atoms with Crippen molar-refractivity contribution in [3.8, 4) is 0 Å². The van der Waals surface area contributed by atoms with Gasteiger partial charge in [0, 0.05) is 6.61 Å². The number of rotatable bonds is 8. The molecule has 2 unspecified atom stereocenters. The SMILES string of the molecule is C=CCC(C)C(C)(N)C(OCC)(c1ccccc1)c1ccccc1.Cl. The molecule has 0 saturated heterocycles. The normalized spacial score (nSPS) is 14.9. The highest BCUT2D eigenvalue weighted by Crippen LogP contribution is 2.46. The second-order valence-corrected chi connectivity index (χ2v) is 6.55. The molecule has 2 nitrogen and oxygen atoms in total. The Morgan fingerprint density at radius 2 is 1.48 bits per heavy atom. The highest BCUT2D eigenvalue weighted by molar-refractivity contribution is 5.85. The molecule has 2 N–H and O–H groups in total. The first kappa shape index (κ1) is 21.4. The number of halogens is 1. The molecule has 0 aliphatic heterocycles. The summed E-state index contributed by atoms with van der Waals surface area (Å²) in [4.78, 5) is 0. The Balaban J connectivity index is 0.00000312. The summed E-state index contributed by atoms with van der Waals surface area (Å²) in [6.07, 6.45) is 2.77. The van der Waals surface area contributed by atoms with Crippen LogP contribution in [0.5, 0.6) is 0 Å². The average Bonchev–Trinajstić information content (AvgIpc) is 2.61. The fraction of sp³-hybridized carbons (Fsp3) is 0.364. The molecule has 2 rings (SSSR count). The molecule has 3 heteroatoms. The largest absolute Gasteiger partial charge is 0.364 e. The lowest BCUT2D eigenvalue weighted by Gasteiger charge is -2.50. The van der Waals surface area contributed by atoms with Crippen LogP contribution in [0.2, 0.25) is 0 Å². The summed E-state index contributed by atoms with van der Waals surface area (Å²) in [5, 5.41) is 0. The minimum absolute atomic E-state index is 0. The maximum Gasteiger partial charge on any atom is 0.136 e. The second kappa shape index (κ2) is 9.19. The fourth-order valence-electron chi connectivity index (χ4n) is 3.51. The highest BCUT2D eigenvalue weighted by atomic mass is 35.5. The van der Waals surface area contributed by atoms with E-state index in [0.29, 0.717) is 6.61 Å². The molecule has 0 spiro atoms. The summed E-state index contributed by atoms with van der Waals surface area (Å²) in [5.74, 6) is 0.196. The molecular weight excluding hydrogens is 330 g/mol. The zero-order valence-electron chi connectivity index (χ0n) is 15.4. The third kappa shape index (κ3) is 3.98. The second-order valence-electron chi connectivity index (χ2n) is 6.55. The van der Waals surface area contributed by atoms with Gasteiger partial charge in [-0.2, -0.15) is 0 Å². The van der Waals surface area contributed by atoms with Crippen LogP contribution in [-0.4, -0.2) is 12.1 Å². The van der Waals surface area contributed by atoms with Gasteiger partial charge in [0.1, 0.15) is 5.60 Å². The predicted molar refractivity (Wildman–Crippen MR) is 109 cm³/mol. The highest BCUT2D eigenvalue weighted by Gasteiger charge is 2.51. The molecule has 2 aromatic carbocycles. The number of benzene rings is 2. The maximum atomic E-state index is 7.00. The van der Waals surface area contributed by atoms with Crippen molar-refractivity contribution in [2.24, 2.45) is 11.7 Å². The zero-order chi connectivity index (χ0) is 17.6. The van der Waals surface area contributed by atoms with Crippen LogP contribution >= 0.6 is 12.4 Å². The van der Waals surface area contributed by atoms with Gasteiger partial charge in [-0.15, -0.1) is 19.0 Å². The van der Waals surface area contributed by atoms with E-state index in [1.807, 2.05) is 49.4 Å². The Morgan fingerprint density at radius 3 is 1.84 bits per heavy atom. The Labute approximate surface area is 158 Å². The summed E-state index contributed by atoms with van der Waals surface area (Å²) in [6.45, 7) is 10.8. The van der Waals surface area contributed by atoms with Crippen LogP contribution in [0, 0.1) is 5.92 Å². The Kier molecular flexibility index (Phi) is 7.88. The van der Waals surface area contributed by atoms with Gasteiger partial charge in [0.2, 0.25) is 0 Å². The topological polar surface area (TPSA) is 35.2 Å². The van der Waals surface area contributed by atoms with E-state index in [4.69, 9.17) is 10.5 Å². The van der Waals surface area contributed by atoms with Crippen molar-refractivity contribution in [2.75, 3.05) is 6.61 Å². The van der Waals surface area contributed by atoms with E-state index < -0.39 is 11.1 Å². The molecule has 0 bridgehead atoms. The van der Waals surface area contributed by atoms with Crippen LogP contribution in [-0.2, 0) is 10.3 Å². The predicted octanol–water partition coefficient (Wildman–Crippen LogP) is 5.32. The van der Waals surface area contributed by atoms with Crippen molar-refractivity contribution in [1.29, 1.82) is 0 Å². The van der Waals surface area contributed by atoms with Crippen LogP contribution in [0.4, 0.5) is 0 Å². The van der Waals surface area contributed by atoms with Crippen molar-refractivity contribution in [3.63, 3.8) is 0 Å². The lowest BCUT2D eigenvalue weighted by molar-refractivity contribution is -0.0808. The van der Waals surface area contributed by atoms with Gasteiger partial charge < -0.3 is 10.5 Å². The summed E-state index contributed by atoms with van der Waals surface area (Å²) in [7, 11) is 0. The number of hydrogen-bond donors (Lipinski definition) is 1. The number of nitrogens with two attached hydrogens (primary N) is 1. The Morgan fingerprint density at radius 1 is 1.04 bits per heavy atom. The van der Waals surface area contributed by atoms with Crippen molar-refractivity contribution in [3.05, 3.63) is 84.4 Å². The molecular formula is C22H30ClNO. The summed E-state index contributed by atoms with van der Waals surface area (Å²) >= 11 is 0. The zero-order valence-corrected chi connectivity index (χ0v) is 16.3. The molecule has 0 fully saturated rings. The molecule has 0 aromatic heterocycles. The van der Waals surface area contributed by atoms with E-state index in [1.54, 1.807) is 0 Å². The van der Waals surface area contributed by atoms with E-state index in [0.717, 1.165) is 17.5 Å². The number of hydrogen-bond acceptors (Lipinski definition) is 2. The third-order valence-electron chi connectivity index (χ3n) is 5.02. The average molecular weight is 360 g/mol. The van der Waals surface area contributed by atoms with E-state index in [2.05, 4.69) is 44.7 Å². The summed E-state index contributed by atoms with van der Waals surface area (Å²) in [5.41, 5.74) is 7.84. The van der Waals surface area contributed by atoms with Gasteiger partial charge in [0.15, 0.2) is 0 Å². The maximum absolute atomic E-state index is 7.00. The van der Waals surface area contributed by atoms with E-state index in [9.17, 15) is 0 Å². The lowest BCUT2D eigenvalue weighted by atomic mass is 9.65. The first-order valence-corrected chi connectivity index (χ1v) is 8.65. The van der Waals surface area contributed by atoms with E-state index in [-0.39, 0.29) is 18.3 Å². The van der Waals surface area contributed by atoms with Gasteiger partial charge in [-0.05, 0) is 37.3 Å². The monoisotopic (exact) mass is 359 g/mol. The number of ether oxygens (including phenoxy) is 1. The molecule has 2 aromatic rings. The van der Waals surface area contributed by atoms with Crippen LogP contribution in [0.3, 0.4) is 0 Å². The van der Waals surface area contributed by atoms with Crippen molar-refractivity contribution in [1.82, 2.24) is 0 Å². The quantitative estimate of drug-likeness (QED) is 0.647. The third-order valence-corrected chi connectivity index (χ3v) is 5.02. The molecule has 2 atom stereocenters. The van der Waals surface area contributed by atoms with Crippen molar-refractivity contribution in [2.45, 2.75) is 38.3 Å². The van der Waals surface area contributed by atoms with Gasteiger partial charge in [-0.3, -0.25) is 0 Å². The molecule has 0 heterocycles. The Bertz CT molecular complexity index is 600. The molecule has 136 valence electrons. The van der Waals surface area contributed by atoms with Crippen LogP contribution < -0.4 is 5.73 Å². The summed E-state index contributed by atoms with van der Waals surface area (Å²) in [6, 6.07) is 20.6. The minimum atomic E-state index is -0.716. The number of allylic oxidation sites excluding steroid dienone is 1. The lowest BCUT2D eigenvalue weighted by Crippen LogP contribution is -2.62. The standard InChI is InChI=1S/C22H29NO.ClH/c1-5-13-18(3)21(4,23)22(24-6-2,19-14-9-7-10-15-19)20-16-11-8-12-17-20;/h5,7-12,14-18H,1,6,13,23H2,2-4H3;1H. The van der Waals surface area contributed by atoms with Crippen LogP contribution in [0.15, 0.2) is 73.3 Å². The van der Waals surface area contributed by atoms with Gasteiger partial charge in [0.05, 0.1) is 5.54 Å².